The second kappa shape index (κ2) is 17.0. The molecule has 0 bridgehead atoms. The minimum absolute atomic E-state index is 0.0556. The normalized spacial score (nSPS) is 20.2. The van der Waals surface area contributed by atoms with Crippen LogP contribution >= 0.6 is 11.8 Å². The summed E-state index contributed by atoms with van der Waals surface area (Å²) in [5.74, 6) is -2.09. The molecule has 2 aliphatic rings. The molecule has 2 saturated heterocycles. The van der Waals surface area contributed by atoms with Crippen LogP contribution < -0.4 is 10.6 Å². The standard InChI is InChI=1S/C40H40F3N3O6S/c1-25(48)45-32-14-16-34(17-15-32)53-24-33-21-36(28-12-10-26(23-47)11-13-28)52-38(51-33)31-8-3-7-30(20-31)29-6-2-5-27(19-29)22-44-37(49)35-9-4-18-46(35)39(50)40(41,42)43/h2-3,5-8,10-17,19-20,33,35-36,38,47H,4,9,18,21-24H2,1H3,(H,44,49)(H,45,48)/t33-,35+,36+,38+/m1/s1. The van der Waals surface area contributed by atoms with Gasteiger partial charge in [0.1, 0.15) is 6.04 Å². The van der Waals surface area contributed by atoms with Gasteiger partial charge in [0.2, 0.25) is 11.8 Å². The number of benzene rings is 4. The number of nitrogens with zero attached hydrogens (tertiary/aromatic N) is 1. The van der Waals surface area contributed by atoms with Crippen LogP contribution in [0.5, 0.6) is 0 Å². The first-order valence-corrected chi connectivity index (χ1v) is 18.3. The maximum Gasteiger partial charge on any atom is 0.471 e. The average Bonchev–Trinajstić information content (AvgIpc) is 3.66. The first-order valence-electron chi connectivity index (χ1n) is 17.3. The van der Waals surface area contributed by atoms with Crippen LogP contribution in [-0.4, -0.2) is 58.3 Å². The number of likely N-dealkylation sites (tertiary alicyclic amines) is 1. The number of ether oxygens (including phenoxy) is 2. The fourth-order valence-electron chi connectivity index (χ4n) is 6.53. The fraction of sp³-hybridized carbons (Fsp3) is 0.325. The summed E-state index contributed by atoms with van der Waals surface area (Å²) in [5, 5.41) is 15.0. The molecule has 0 aromatic heterocycles. The van der Waals surface area contributed by atoms with Crippen molar-refractivity contribution in [3.8, 4) is 11.1 Å². The van der Waals surface area contributed by atoms with Gasteiger partial charge >= 0.3 is 12.1 Å². The Labute approximate surface area is 309 Å². The SMILES string of the molecule is CC(=O)Nc1ccc(SC[C@H]2C[C@@H](c3ccc(CO)cc3)O[C@@H](c3cccc(-c4cccc(CNC(=O)[C@@H]5CCCN5C(=O)C(F)(F)F)c4)c3)O2)cc1. The molecule has 0 saturated carbocycles. The molecule has 2 aliphatic heterocycles. The van der Waals surface area contributed by atoms with Crippen molar-refractivity contribution in [2.45, 2.75) is 74.9 Å². The second-order valence-electron chi connectivity index (χ2n) is 13.1. The van der Waals surface area contributed by atoms with Gasteiger partial charge in [0.15, 0.2) is 6.29 Å². The Bertz CT molecular complexity index is 1910. The minimum Gasteiger partial charge on any atom is -0.392 e. The van der Waals surface area contributed by atoms with E-state index in [-0.39, 0.29) is 44.2 Å². The summed E-state index contributed by atoms with van der Waals surface area (Å²) in [6.45, 7) is 1.38. The number of carbonyl (C=O) groups is 3. The van der Waals surface area contributed by atoms with E-state index in [0.717, 1.165) is 44.0 Å². The van der Waals surface area contributed by atoms with E-state index in [1.807, 2.05) is 97.1 Å². The quantitative estimate of drug-likeness (QED) is 0.138. The third-order valence-electron chi connectivity index (χ3n) is 9.17. The van der Waals surface area contributed by atoms with E-state index in [2.05, 4.69) is 10.6 Å². The molecule has 53 heavy (non-hydrogen) atoms. The van der Waals surface area contributed by atoms with Gasteiger partial charge in [0, 0.05) is 48.3 Å². The zero-order valence-electron chi connectivity index (χ0n) is 29.0. The number of anilines is 1. The minimum atomic E-state index is -5.03. The summed E-state index contributed by atoms with van der Waals surface area (Å²) in [7, 11) is 0. The molecule has 3 N–H and O–H groups in total. The summed E-state index contributed by atoms with van der Waals surface area (Å²) in [6.07, 6.45) is -5.05. The Hall–Kier alpha value is -4.69. The predicted molar refractivity (Wildman–Crippen MR) is 194 cm³/mol. The van der Waals surface area contributed by atoms with Gasteiger partial charge in [-0.3, -0.25) is 14.4 Å². The van der Waals surface area contributed by atoms with Crippen LogP contribution in [0.1, 0.15) is 60.8 Å². The molecule has 13 heteroatoms. The Morgan fingerprint density at radius 2 is 1.60 bits per heavy atom. The first-order chi connectivity index (χ1) is 25.5. The van der Waals surface area contributed by atoms with Crippen LogP contribution in [0.4, 0.5) is 18.9 Å². The Morgan fingerprint density at radius 1 is 0.887 bits per heavy atom. The highest BCUT2D eigenvalue weighted by Gasteiger charge is 2.47. The monoisotopic (exact) mass is 747 g/mol. The maximum absolute atomic E-state index is 13.1. The van der Waals surface area contributed by atoms with E-state index >= 15 is 0 Å². The third-order valence-corrected chi connectivity index (χ3v) is 10.3. The molecule has 4 atom stereocenters. The van der Waals surface area contributed by atoms with Crippen molar-refractivity contribution in [2.75, 3.05) is 17.6 Å². The van der Waals surface area contributed by atoms with Crippen molar-refractivity contribution in [3.63, 3.8) is 0 Å². The second-order valence-corrected chi connectivity index (χ2v) is 14.2. The number of halogens is 3. The molecule has 0 aliphatic carbocycles. The van der Waals surface area contributed by atoms with E-state index in [4.69, 9.17) is 9.47 Å². The van der Waals surface area contributed by atoms with Crippen LogP contribution in [0.25, 0.3) is 11.1 Å². The molecule has 278 valence electrons. The van der Waals surface area contributed by atoms with Crippen molar-refractivity contribution in [3.05, 3.63) is 119 Å². The molecule has 2 heterocycles. The Morgan fingerprint density at radius 3 is 2.30 bits per heavy atom. The fourth-order valence-corrected chi connectivity index (χ4v) is 7.45. The molecule has 4 aromatic rings. The van der Waals surface area contributed by atoms with Gasteiger partial charge in [-0.05, 0) is 77.1 Å². The molecule has 4 aromatic carbocycles. The lowest BCUT2D eigenvalue weighted by Gasteiger charge is -2.36. The highest BCUT2D eigenvalue weighted by Crippen LogP contribution is 2.40. The number of rotatable bonds is 11. The number of nitrogens with one attached hydrogen (secondary N) is 2. The number of alkyl halides is 3. The van der Waals surface area contributed by atoms with Gasteiger partial charge in [-0.1, -0.05) is 60.7 Å². The zero-order chi connectivity index (χ0) is 37.5. The van der Waals surface area contributed by atoms with Crippen LogP contribution in [0.15, 0.2) is 102 Å². The van der Waals surface area contributed by atoms with E-state index in [0.29, 0.717) is 23.5 Å². The molecule has 0 radical (unpaired) electrons. The van der Waals surface area contributed by atoms with E-state index in [1.54, 1.807) is 11.8 Å². The van der Waals surface area contributed by atoms with Crippen LogP contribution in [-0.2, 0) is 37.0 Å². The van der Waals surface area contributed by atoms with Crippen LogP contribution in [0.2, 0.25) is 0 Å². The lowest BCUT2D eigenvalue weighted by Crippen LogP contribution is -2.50. The van der Waals surface area contributed by atoms with Crippen molar-refractivity contribution >= 4 is 35.2 Å². The lowest BCUT2D eigenvalue weighted by atomic mass is 9.99. The number of amides is 3. The maximum atomic E-state index is 13.1. The summed E-state index contributed by atoms with van der Waals surface area (Å²) in [5.41, 5.74) is 5.78. The molecule has 9 nitrogen and oxygen atoms in total. The Balaban J connectivity index is 1.15. The molecule has 0 spiro atoms. The van der Waals surface area contributed by atoms with Crippen molar-refractivity contribution in [1.82, 2.24) is 10.2 Å². The average molecular weight is 748 g/mol. The first kappa shape index (κ1) is 38.0. The smallest absolute Gasteiger partial charge is 0.392 e. The van der Waals surface area contributed by atoms with Gasteiger partial charge in [-0.15, -0.1) is 11.8 Å². The summed E-state index contributed by atoms with van der Waals surface area (Å²) < 4.78 is 52.3. The number of hydrogen-bond acceptors (Lipinski definition) is 7. The number of thioether (sulfide) groups is 1. The zero-order valence-corrected chi connectivity index (χ0v) is 29.8. The van der Waals surface area contributed by atoms with Gasteiger partial charge in [-0.25, -0.2) is 0 Å². The number of hydrogen-bond donors (Lipinski definition) is 3. The largest absolute Gasteiger partial charge is 0.471 e. The van der Waals surface area contributed by atoms with Gasteiger partial charge in [0.05, 0.1) is 18.8 Å². The highest BCUT2D eigenvalue weighted by atomic mass is 32.2. The number of aliphatic hydroxyl groups excluding tert-OH is 1. The molecular weight excluding hydrogens is 708 g/mol. The summed E-state index contributed by atoms with van der Waals surface area (Å²) in [4.78, 5) is 37.8. The van der Waals surface area contributed by atoms with Crippen molar-refractivity contribution < 1.29 is 42.1 Å². The van der Waals surface area contributed by atoms with E-state index < -0.39 is 30.3 Å². The highest BCUT2D eigenvalue weighted by molar-refractivity contribution is 7.99. The predicted octanol–water partition coefficient (Wildman–Crippen LogP) is 7.31. The van der Waals surface area contributed by atoms with Crippen LogP contribution in [0, 0.1) is 0 Å². The van der Waals surface area contributed by atoms with E-state index in [1.165, 1.54) is 6.92 Å². The van der Waals surface area contributed by atoms with Crippen LogP contribution in [0.3, 0.4) is 0 Å². The lowest BCUT2D eigenvalue weighted by molar-refractivity contribution is -0.245. The number of aliphatic hydroxyl groups is 1. The third kappa shape index (κ3) is 9.85. The van der Waals surface area contributed by atoms with Gasteiger partial charge in [-0.2, -0.15) is 13.2 Å². The van der Waals surface area contributed by atoms with Crippen molar-refractivity contribution in [1.29, 1.82) is 0 Å². The molecule has 6 rings (SSSR count). The topological polar surface area (TPSA) is 117 Å². The number of carbonyl (C=O) groups excluding carboxylic acids is 3. The molecule has 3 amide bonds. The summed E-state index contributed by atoms with van der Waals surface area (Å²) in [6, 6.07) is 29.4. The molecule has 2 fully saturated rings. The van der Waals surface area contributed by atoms with Crippen molar-refractivity contribution in [2.24, 2.45) is 0 Å². The molecular formula is C40H40F3N3O6S. The Kier molecular flexibility index (Phi) is 12.2. The van der Waals surface area contributed by atoms with E-state index in [9.17, 15) is 32.7 Å². The van der Waals surface area contributed by atoms with Gasteiger partial charge in [0.25, 0.3) is 0 Å². The summed E-state index contributed by atoms with van der Waals surface area (Å²) >= 11 is 1.65. The van der Waals surface area contributed by atoms with Gasteiger partial charge < -0.3 is 30.1 Å². The molecule has 0 unspecified atom stereocenters.